The number of phenolic OH excluding ortho intramolecular Hbond substituents is 1. The molecule has 5 heteroatoms. The highest BCUT2D eigenvalue weighted by Crippen LogP contribution is 2.31. The molecule has 2 N–H and O–H groups in total. The predicted octanol–water partition coefficient (Wildman–Crippen LogP) is 1.92. The first-order valence-electron chi connectivity index (χ1n) is 7.46. The van der Waals surface area contributed by atoms with Crippen molar-refractivity contribution in [1.29, 1.82) is 0 Å². The lowest BCUT2D eigenvalue weighted by molar-refractivity contribution is 0.0937. The van der Waals surface area contributed by atoms with E-state index in [0.717, 1.165) is 25.1 Å². The molecule has 0 unspecified atom stereocenters. The standard InChI is InChI=1S/C16H24N2O3/c1-4-18-7-5-6-12(18)10-17-16(20)13-8-11(2)9-14(19)15(13)21-3/h8-9,12,19H,4-7,10H2,1-3H3,(H,17,20)/t12-/m0/s1. The third-order valence-electron chi connectivity index (χ3n) is 4.07. The van der Waals surface area contributed by atoms with Crippen molar-refractivity contribution in [2.75, 3.05) is 26.7 Å². The Kier molecular flexibility index (Phi) is 5.07. The number of methoxy groups -OCH3 is 1. The second kappa shape index (κ2) is 6.80. The molecule has 1 fully saturated rings. The molecular weight excluding hydrogens is 268 g/mol. The molecule has 0 aromatic heterocycles. The summed E-state index contributed by atoms with van der Waals surface area (Å²) in [7, 11) is 1.46. The second-order valence-electron chi connectivity index (χ2n) is 5.50. The average molecular weight is 292 g/mol. The fourth-order valence-electron chi connectivity index (χ4n) is 2.99. The van der Waals surface area contributed by atoms with Crippen molar-refractivity contribution < 1.29 is 14.6 Å². The van der Waals surface area contributed by atoms with Gasteiger partial charge in [-0.1, -0.05) is 6.92 Å². The molecule has 0 saturated carbocycles. The summed E-state index contributed by atoms with van der Waals surface area (Å²) in [5, 5.41) is 12.8. The molecule has 5 nitrogen and oxygen atoms in total. The highest BCUT2D eigenvalue weighted by molar-refractivity contribution is 5.98. The van der Waals surface area contributed by atoms with Crippen LogP contribution >= 0.6 is 0 Å². The average Bonchev–Trinajstić information content (AvgIpc) is 2.91. The summed E-state index contributed by atoms with van der Waals surface area (Å²) < 4.78 is 5.15. The van der Waals surface area contributed by atoms with Gasteiger partial charge in [0, 0.05) is 12.6 Å². The molecule has 2 rings (SSSR count). The number of carbonyl (C=O) groups is 1. The zero-order valence-electron chi connectivity index (χ0n) is 13.0. The van der Waals surface area contributed by atoms with Crippen LogP contribution in [0.25, 0.3) is 0 Å². The smallest absolute Gasteiger partial charge is 0.255 e. The van der Waals surface area contributed by atoms with Crippen molar-refractivity contribution in [2.24, 2.45) is 0 Å². The number of carbonyl (C=O) groups excluding carboxylic acids is 1. The van der Waals surface area contributed by atoms with E-state index < -0.39 is 0 Å². The van der Waals surface area contributed by atoms with Gasteiger partial charge in [0.1, 0.15) is 0 Å². The Morgan fingerprint density at radius 2 is 2.29 bits per heavy atom. The zero-order valence-corrected chi connectivity index (χ0v) is 13.0. The molecule has 21 heavy (non-hydrogen) atoms. The van der Waals surface area contributed by atoms with E-state index in [1.807, 2.05) is 6.92 Å². The quantitative estimate of drug-likeness (QED) is 0.870. The topological polar surface area (TPSA) is 61.8 Å². The molecule has 0 aliphatic carbocycles. The fraction of sp³-hybridized carbons (Fsp3) is 0.562. The first-order chi connectivity index (χ1) is 10.1. The summed E-state index contributed by atoms with van der Waals surface area (Å²) in [6.45, 7) is 6.72. The lowest BCUT2D eigenvalue weighted by Crippen LogP contribution is -2.40. The van der Waals surface area contributed by atoms with Crippen LogP contribution in [-0.2, 0) is 0 Å². The molecular formula is C16H24N2O3. The van der Waals surface area contributed by atoms with E-state index in [-0.39, 0.29) is 17.4 Å². The van der Waals surface area contributed by atoms with Gasteiger partial charge in [-0.05, 0) is 50.6 Å². The number of nitrogens with zero attached hydrogens (tertiary/aromatic N) is 1. The minimum absolute atomic E-state index is 0.00120. The number of nitrogens with one attached hydrogen (secondary N) is 1. The summed E-state index contributed by atoms with van der Waals surface area (Å²) in [5.41, 5.74) is 1.21. The van der Waals surface area contributed by atoms with Gasteiger partial charge in [-0.2, -0.15) is 0 Å². The summed E-state index contributed by atoms with van der Waals surface area (Å²) >= 11 is 0. The van der Waals surface area contributed by atoms with Crippen molar-refractivity contribution in [1.82, 2.24) is 10.2 Å². The third-order valence-corrected chi connectivity index (χ3v) is 4.07. The molecule has 1 aromatic rings. The lowest BCUT2D eigenvalue weighted by atomic mass is 10.1. The van der Waals surface area contributed by atoms with Gasteiger partial charge in [-0.3, -0.25) is 9.69 Å². The van der Waals surface area contributed by atoms with Gasteiger partial charge in [-0.15, -0.1) is 0 Å². The largest absolute Gasteiger partial charge is 0.504 e. The van der Waals surface area contributed by atoms with Crippen LogP contribution in [0, 0.1) is 6.92 Å². The number of aromatic hydroxyl groups is 1. The van der Waals surface area contributed by atoms with E-state index in [9.17, 15) is 9.90 Å². The van der Waals surface area contributed by atoms with Crippen molar-refractivity contribution in [3.05, 3.63) is 23.3 Å². The number of hydrogen-bond acceptors (Lipinski definition) is 4. The molecule has 1 aliphatic heterocycles. The molecule has 0 radical (unpaired) electrons. The summed E-state index contributed by atoms with van der Waals surface area (Å²) in [4.78, 5) is 14.7. The number of ether oxygens (including phenoxy) is 1. The predicted molar refractivity (Wildman–Crippen MR) is 82.0 cm³/mol. The number of hydrogen-bond donors (Lipinski definition) is 2. The normalized spacial score (nSPS) is 18.7. The van der Waals surface area contributed by atoms with Crippen LogP contribution in [0.3, 0.4) is 0 Å². The van der Waals surface area contributed by atoms with Crippen LogP contribution in [-0.4, -0.2) is 48.7 Å². The van der Waals surface area contributed by atoms with Crippen molar-refractivity contribution in [2.45, 2.75) is 32.7 Å². The van der Waals surface area contributed by atoms with Gasteiger partial charge >= 0.3 is 0 Å². The molecule has 1 amide bonds. The van der Waals surface area contributed by atoms with Gasteiger partial charge in [0.05, 0.1) is 12.7 Å². The van der Waals surface area contributed by atoms with Crippen molar-refractivity contribution in [3.8, 4) is 11.5 Å². The second-order valence-corrected chi connectivity index (χ2v) is 5.50. The highest BCUT2D eigenvalue weighted by atomic mass is 16.5. The maximum absolute atomic E-state index is 12.4. The first kappa shape index (κ1) is 15.6. The molecule has 116 valence electrons. The zero-order chi connectivity index (χ0) is 15.4. The van der Waals surface area contributed by atoms with Crippen LogP contribution < -0.4 is 10.1 Å². The molecule has 1 saturated heterocycles. The number of phenols is 1. The molecule has 1 aliphatic rings. The fourth-order valence-corrected chi connectivity index (χ4v) is 2.99. The van der Waals surface area contributed by atoms with Crippen LogP contribution in [0.4, 0.5) is 0 Å². The number of likely N-dealkylation sites (tertiary alicyclic amines) is 1. The summed E-state index contributed by atoms with van der Waals surface area (Å²) in [5.74, 6) is 0.0318. The minimum atomic E-state index is -0.200. The molecule has 0 spiro atoms. The Bertz CT molecular complexity index is 516. The highest BCUT2D eigenvalue weighted by Gasteiger charge is 2.24. The Morgan fingerprint density at radius 3 is 2.95 bits per heavy atom. The summed E-state index contributed by atoms with van der Waals surface area (Å²) in [6, 6.07) is 3.73. The van der Waals surface area contributed by atoms with E-state index in [0.29, 0.717) is 18.2 Å². The van der Waals surface area contributed by atoms with Gasteiger partial charge in [0.25, 0.3) is 5.91 Å². The van der Waals surface area contributed by atoms with Gasteiger partial charge < -0.3 is 15.2 Å². The Morgan fingerprint density at radius 1 is 1.52 bits per heavy atom. The molecule has 0 bridgehead atoms. The number of benzene rings is 1. The Hall–Kier alpha value is -1.75. The molecule has 1 atom stereocenters. The molecule has 1 heterocycles. The number of likely N-dealkylation sites (N-methyl/N-ethyl adjacent to an activating group) is 1. The molecule has 1 aromatic carbocycles. The Labute approximate surface area is 125 Å². The van der Waals surface area contributed by atoms with E-state index in [4.69, 9.17) is 4.74 Å². The van der Waals surface area contributed by atoms with E-state index in [2.05, 4.69) is 17.1 Å². The number of amides is 1. The maximum Gasteiger partial charge on any atom is 0.255 e. The minimum Gasteiger partial charge on any atom is -0.504 e. The maximum atomic E-state index is 12.4. The number of rotatable bonds is 5. The van der Waals surface area contributed by atoms with Gasteiger partial charge in [0.2, 0.25) is 0 Å². The van der Waals surface area contributed by atoms with Crippen LogP contribution in [0.5, 0.6) is 11.5 Å². The third kappa shape index (κ3) is 3.47. The van der Waals surface area contributed by atoms with Gasteiger partial charge in [-0.25, -0.2) is 0 Å². The Balaban J connectivity index is 2.07. The summed E-state index contributed by atoms with van der Waals surface area (Å²) in [6.07, 6.45) is 2.30. The van der Waals surface area contributed by atoms with E-state index >= 15 is 0 Å². The van der Waals surface area contributed by atoms with E-state index in [1.54, 1.807) is 12.1 Å². The number of aryl methyl sites for hydroxylation is 1. The van der Waals surface area contributed by atoms with E-state index in [1.165, 1.54) is 13.5 Å². The van der Waals surface area contributed by atoms with Crippen LogP contribution in [0.15, 0.2) is 12.1 Å². The SMILES string of the molecule is CCN1CCC[C@H]1CNC(=O)c1cc(C)cc(O)c1OC. The van der Waals surface area contributed by atoms with Crippen LogP contribution in [0.1, 0.15) is 35.7 Å². The first-order valence-corrected chi connectivity index (χ1v) is 7.46. The van der Waals surface area contributed by atoms with Gasteiger partial charge in [0.15, 0.2) is 11.5 Å². The lowest BCUT2D eigenvalue weighted by Gasteiger charge is -2.23. The van der Waals surface area contributed by atoms with Crippen LogP contribution in [0.2, 0.25) is 0 Å². The van der Waals surface area contributed by atoms with Crippen molar-refractivity contribution in [3.63, 3.8) is 0 Å². The monoisotopic (exact) mass is 292 g/mol. The van der Waals surface area contributed by atoms with Crippen molar-refractivity contribution >= 4 is 5.91 Å².